The van der Waals surface area contributed by atoms with Gasteiger partial charge in [0.05, 0.1) is 15.8 Å². The van der Waals surface area contributed by atoms with Gasteiger partial charge in [-0.25, -0.2) is 8.78 Å². The number of thioether (sulfide) groups is 1. The molecule has 98 valence electrons. The fraction of sp³-hybridized carbons (Fsp3) is 0.0714. The summed E-state index contributed by atoms with van der Waals surface area (Å²) in [4.78, 5) is 12.5. The molecule has 2 aromatic carbocycles. The topological polar surface area (TPSA) is 17.1 Å². The molecule has 1 nitrogen and oxygen atoms in total. The van der Waals surface area contributed by atoms with Crippen LogP contribution in [0.1, 0.15) is 10.4 Å². The van der Waals surface area contributed by atoms with E-state index in [1.54, 1.807) is 18.2 Å². The number of hydrogen-bond donors (Lipinski definition) is 0. The van der Waals surface area contributed by atoms with E-state index in [2.05, 4.69) is 15.9 Å². The number of carbonyl (C=O) groups excluding carboxylic acids is 1. The van der Waals surface area contributed by atoms with Crippen molar-refractivity contribution >= 4 is 33.5 Å². The molecule has 19 heavy (non-hydrogen) atoms. The van der Waals surface area contributed by atoms with E-state index in [1.165, 1.54) is 36.0 Å². The largest absolute Gasteiger partial charge is 0.293 e. The average molecular weight is 343 g/mol. The minimum atomic E-state index is -0.563. The third kappa shape index (κ3) is 3.64. The van der Waals surface area contributed by atoms with Crippen molar-refractivity contribution in [3.05, 3.63) is 64.1 Å². The predicted octanol–water partition coefficient (Wildman–Crippen LogP) is 4.70. The molecule has 0 atom stereocenters. The summed E-state index contributed by atoms with van der Waals surface area (Å²) >= 11 is 4.22. The number of ketones is 1. The first kappa shape index (κ1) is 14.2. The minimum absolute atomic E-state index is 0.0401. The zero-order valence-corrected chi connectivity index (χ0v) is 12.1. The quantitative estimate of drug-likeness (QED) is 0.591. The van der Waals surface area contributed by atoms with E-state index in [0.717, 1.165) is 0 Å². The van der Waals surface area contributed by atoms with Gasteiger partial charge in [-0.1, -0.05) is 12.1 Å². The van der Waals surface area contributed by atoms with Crippen LogP contribution in [-0.2, 0) is 0 Å². The van der Waals surface area contributed by atoms with E-state index in [-0.39, 0.29) is 27.4 Å². The molecule has 0 bridgehead atoms. The van der Waals surface area contributed by atoms with E-state index in [9.17, 15) is 13.6 Å². The molecule has 0 fully saturated rings. The lowest BCUT2D eigenvalue weighted by molar-refractivity contribution is 0.101. The second-order valence-electron chi connectivity index (χ2n) is 3.77. The smallest absolute Gasteiger partial charge is 0.176 e. The van der Waals surface area contributed by atoms with Gasteiger partial charge in [0, 0.05) is 4.90 Å². The second kappa shape index (κ2) is 6.30. The van der Waals surface area contributed by atoms with Crippen molar-refractivity contribution in [1.29, 1.82) is 0 Å². The van der Waals surface area contributed by atoms with Gasteiger partial charge in [-0.05, 0) is 46.3 Å². The molecule has 0 saturated heterocycles. The van der Waals surface area contributed by atoms with Crippen molar-refractivity contribution in [2.45, 2.75) is 4.90 Å². The van der Waals surface area contributed by atoms with E-state index in [4.69, 9.17) is 0 Å². The average Bonchev–Trinajstić information content (AvgIpc) is 2.39. The number of hydrogen-bond acceptors (Lipinski definition) is 2. The van der Waals surface area contributed by atoms with E-state index >= 15 is 0 Å². The lowest BCUT2D eigenvalue weighted by atomic mass is 10.1. The van der Waals surface area contributed by atoms with Gasteiger partial charge < -0.3 is 0 Å². The summed E-state index contributed by atoms with van der Waals surface area (Å²) in [6.07, 6.45) is 0. The molecule has 0 aliphatic rings. The highest BCUT2D eigenvalue weighted by Crippen LogP contribution is 2.23. The Bertz CT molecular complexity index is 616. The van der Waals surface area contributed by atoms with Crippen LogP contribution in [0.2, 0.25) is 0 Å². The van der Waals surface area contributed by atoms with Gasteiger partial charge in [0.1, 0.15) is 11.6 Å². The summed E-state index contributed by atoms with van der Waals surface area (Å²) < 4.78 is 26.9. The van der Waals surface area contributed by atoms with E-state index in [1.807, 2.05) is 0 Å². The molecule has 0 saturated carbocycles. The Hall–Kier alpha value is -1.20. The maximum atomic E-state index is 13.7. The van der Waals surface area contributed by atoms with Gasteiger partial charge in [-0.2, -0.15) is 0 Å². The first-order valence-corrected chi connectivity index (χ1v) is 7.21. The zero-order valence-electron chi connectivity index (χ0n) is 9.70. The second-order valence-corrected chi connectivity index (χ2v) is 5.67. The van der Waals surface area contributed by atoms with Crippen molar-refractivity contribution in [1.82, 2.24) is 0 Å². The van der Waals surface area contributed by atoms with Crippen LogP contribution in [0, 0.1) is 11.6 Å². The zero-order chi connectivity index (χ0) is 13.8. The molecule has 0 aliphatic carbocycles. The first-order valence-electron chi connectivity index (χ1n) is 5.43. The molecule has 2 aromatic rings. The van der Waals surface area contributed by atoms with Crippen LogP contribution in [0.3, 0.4) is 0 Å². The van der Waals surface area contributed by atoms with Gasteiger partial charge in [0.25, 0.3) is 0 Å². The lowest BCUT2D eigenvalue weighted by Crippen LogP contribution is -2.05. The van der Waals surface area contributed by atoms with Crippen molar-refractivity contribution in [2.24, 2.45) is 0 Å². The summed E-state index contributed by atoms with van der Waals surface area (Å²) in [6, 6.07) is 10.5. The van der Waals surface area contributed by atoms with Gasteiger partial charge in [0.2, 0.25) is 0 Å². The van der Waals surface area contributed by atoms with E-state index < -0.39 is 5.82 Å². The van der Waals surface area contributed by atoms with Crippen LogP contribution in [0.5, 0.6) is 0 Å². The number of carbonyl (C=O) groups is 1. The van der Waals surface area contributed by atoms with Crippen molar-refractivity contribution in [3.8, 4) is 0 Å². The fourth-order valence-electron chi connectivity index (χ4n) is 1.50. The Morgan fingerprint density at radius 3 is 2.63 bits per heavy atom. The van der Waals surface area contributed by atoms with Gasteiger partial charge in [0.15, 0.2) is 5.78 Å². The van der Waals surface area contributed by atoms with Crippen molar-refractivity contribution < 1.29 is 13.6 Å². The Labute approximate surface area is 122 Å². The standard InChI is InChI=1S/C14H9BrF2OS/c15-12-6-2-5-11(14(12)17)13(18)8-19-10-4-1-3-9(16)7-10/h1-7H,8H2. The van der Waals surface area contributed by atoms with Crippen molar-refractivity contribution in [2.75, 3.05) is 5.75 Å². The number of benzene rings is 2. The van der Waals surface area contributed by atoms with Crippen molar-refractivity contribution in [3.63, 3.8) is 0 Å². The highest BCUT2D eigenvalue weighted by Gasteiger charge is 2.14. The summed E-state index contributed by atoms with van der Waals surface area (Å²) in [6.45, 7) is 0. The van der Waals surface area contributed by atoms with Crippen LogP contribution >= 0.6 is 27.7 Å². The molecule has 0 amide bonds. The molecule has 2 rings (SSSR count). The highest BCUT2D eigenvalue weighted by molar-refractivity contribution is 9.10. The number of halogens is 3. The van der Waals surface area contributed by atoms with Gasteiger partial charge in [-0.3, -0.25) is 4.79 Å². The first-order chi connectivity index (χ1) is 9.08. The Balaban J connectivity index is 2.08. The molecule has 5 heteroatoms. The molecule has 0 aromatic heterocycles. The number of Topliss-reactive ketones (excluding diaryl/α,β-unsaturated/α-hetero) is 1. The van der Waals surface area contributed by atoms with Crippen LogP contribution in [0.4, 0.5) is 8.78 Å². The van der Waals surface area contributed by atoms with Crippen LogP contribution in [0.15, 0.2) is 51.8 Å². The minimum Gasteiger partial charge on any atom is -0.293 e. The van der Waals surface area contributed by atoms with Crippen LogP contribution in [-0.4, -0.2) is 11.5 Å². The maximum Gasteiger partial charge on any atom is 0.176 e. The van der Waals surface area contributed by atoms with Gasteiger partial charge in [-0.15, -0.1) is 11.8 Å². The Morgan fingerprint density at radius 1 is 1.16 bits per heavy atom. The predicted molar refractivity (Wildman–Crippen MR) is 75.6 cm³/mol. The molecular formula is C14H9BrF2OS. The summed E-state index contributed by atoms with van der Waals surface area (Å²) in [5, 5.41) is 0. The molecule has 0 heterocycles. The third-order valence-electron chi connectivity index (χ3n) is 2.42. The molecular weight excluding hydrogens is 334 g/mol. The lowest BCUT2D eigenvalue weighted by Gasteiger charge is -2.04. The van der Waals surface area contributed by atoms with Gasteiger partial charge >= 0.3 is 0 Å². The van der Waals surface area contributed by atoms with Crippen LogP contribution < -0.4 is 0 Å². The maximum absolute atomic E-state index is 13.7. The molecule has 0 unspecified atom stereocenters. The van der Waals surface area contributed by atoms with E-state index in [0.29, 0.717) is 4.90 Å². The van der Waals surface area contributed by atoms with Crippen LogP contribution in [0.25, 0.3) is 0 Å². The molecule has 0 aliphatic heterocycles. The molecule has 0 N–H and O–H groups in total. The third-order valence-corrected chi connectivity index (χ3v) is 4.02. The SMILES string of the molecule is O=C(CSc1cccc(F)c1)c1cccc(Br)c1F. The number of rotatable bonds is 4. The Morgan fingerprint density at radius 2 is 1.89 bits per heavy atom. The molecule has 0 spiro atoms. The monoisotopic (exact) mass is 342 g/mol. The normalized spacial score (nSPS) is 10.5. The summed E-state index contributed by atoms with van der Waals surface area (Å²) in [5.74, 6) is -1.18. The summed E-state index contributed by atoms with van der Waals surface area (Å²) in [5.41, 5.74) is 0.0401. The highest BCUT2D eigenvalue weighted by atomic mass is 79.9. The fourth-order valence-corrected chi connectivity index (χ4v) is 2.69. The molecule has 0 radical (unpaired) electrons. The Kier molecular flexibility index (Phi) is 4.71. The summed E-state index contributed by atoms with van der Waals surface area (Å²) in [7, 11) is 0.